The fourth-order valence-corrected chi connectivity index (χ4v) is 5.83. The summed E-state index contributed by atoms with van der Waals surface area (Å²) in [6.45, 7) is 8.38. The molecule has 0 unspecified atom stereocenters. The SMILES string of the molecule is COC(=O)[C@]12O[C@@H]3C[C@]14C[C@@H](O)C(C)(C)OC4=C(C(C)=O)[C@@]2(O)C3(C)C. The zero-order valence-electron chi connectivity index (χ0n) is 16.0. The van der Waals surface area contributed by atoms with E-state index in [1.54, 1.807) is 27.7 Å². The fraction of sp³-hybridized carbons (Fsp3) is 0.789. The molecular weight excluding hydrogens is 340 g/mol. The van der Waals surface area contributed by atoms with Gasteiger partial charge in [0, 0.05) is 5.41 Å². The second kappa shape index (κ2) is 4.51. The maximum absolute atomic E-state index is 13.1. The standard InChI is InChI=1S/C19H26O7/c1-9(20)12-13-17(7-10(21)16(4,5)26-13)8-11-15(2,3)18(12,23)19(17,25-11)14(22)24-6/h10-11,21,23H,7-8H2,1-6H3/t10-,11-,17+,18-,19+/m1/s1. The van der Waals surface area contributed by atoms with Crippen LogP contribution in [0.15, 0.2) is 11.3 Å². The van der Waals surface area contributed by atoms with Crippen LogP contribution in [-0.2, 0) is 23.8 Å². The number of fused-ring (bicyclic) bond motifs is 1. The van der Waals surface area contributed by atoms with Crippen molar-refractivity contribution in [2.45, 2.75) is 76.5 Å². The molecule has 5 atom stereocenters. The zero-order valence-corrected chi connectivity index (χ0v) is 16.0. The molecule has 2 N–H and O–H groups in total. The molecule has 26 heavy (non-hydrogen) atoms. The molecule has 0 aromatic rings. The molecule has 7 heteroatoms. The van der Waals surface area contributed by atoms with Gasteiger partial charge in [0.1, 0.15) is 17.0 Å². The predicted octanol–water partition coefficient (Wildman–Crippen LogP) is 0.861. The number of hydrogen-bond donors (Lipinski definition) is 2. The molecule has 2 bridgehead atoms. The third kappa shape index (κ3) is 1.43. The first kappa shape index (κ1) is 17.9. The second-order valence-electron chi connectivity index (χ2n) is 9.18. The molecule has 3 aliphatic heterocycles. The summed E-state index contributed by atoms with van der Waals surface area (Å²) in [5.41, 5.74) is -6.59. The third-order valence-corrected chi connectivity index (χ3v) is 7.33. The largest absolute Gasteiger partial charge is 0.488 e. The molecule has 3 fully saturated rings. The summed E-state index contributed by atoms with van der Waals surface area (Å²) in [6, 6.07) is 0. The normalized spacial score (nSPS) is 46.8. The minimum atomic E-state index is -1.89. The minimum Gasteiger partial charge on any atom is -0.488 e. The molecule has 0 aromatic heterocycles. The molecule has 0 saturated carbocycles. The quantitative estimate of drug-likeness (QED) is 0.699. The fourth-order valence-electron chi connectivity index (χ4n) is 5.83. The van der Waals surface area contributed by atoms with Crippen LogP contribution in [0.3, 0.4) is 0 Å². The van der Waals surface area contributed by atoms with E-state index in [2.05, 4.69) is 0 Å². The Bertz CT molecular complexity index is 766. The number of methoxy groups -OCH3 is 1. The molecule has 7 nitrogen and oxygen atoms in total. The van der Waals surface area contributed by atoms with Gasteiger partial charge in [0.25, 0.3) is 0 Å². The smallest absolute Gasteiger partial charge is 0.342 e. The lowest BCUT2D eigenvalue weighted by atomic mass is 9.51. The van der Waals surface area contributed by atoms with Gasteiger partial charge in [-0.25, -0.2) is 4.79 Å². The summed E-state index contributed by atoms with van der Waals surface area (Å²) in [5, 5.41) is 22.7. The summed E-state index contributed by atoms with van der Waals surface area (Å²) in [7, 11) is 1.23. The van der Waals surface area contributed by atoms with Crippen LogP contribution in [-0.4, -0.2) is 58.1 Å². The number of carbonyl (C=O) groups is 2. The first-order chi connectivity index (χ1) is 11.8. The maximum Gasteiger partial charge on any atom is 0.342 e. The van der Waals surface area contributed by atoms with Crippen molar-refractivity contribution in [1.82, 2.24) is 0 Å². The van der Waals surface area contributed by atoms with Gasteiger partial charge in [-0.15, -0.1) is 0 Å². The highest BCUT2D eigenvalue weighted by molar-refractivity contribution is 6.02. The van der Waals surface area contributed by atoms with Gasteiger partial charge in [-0.3, -0.25) is 4.79 Å². The summed E-state index contributed by atoms with van der Waals surface area (Å²) >= 11 is 0. The summed E-state index contributed by atoms with van der Waals surface area (Å²) in [5.74, 6) is -0.831. The average Bonchev–Trinajstić information content (AvgIpc) is 3.00. The molecule has 3 saturated heterocycles. The Morgan fingerprint density at radius 2 is 1.81 bits per heavy atom. The number of esters is 1. The minimum absolute atomic E-state index is 0.0767. The van der Waals surface area contributed by atoms with E-state index in [4.69, 9.17) is 14.2 Å². The van der Waals surface area contributed by atoms with Crippen molar-refractivity contribution in [3.63, 3.8) is 0 Å². The van der Waals surface area contributed by atoms with E-state index in [1.807, 2.05) is 0 Å². The number of rotatable bonds is 2. The zero-order chi connectivity index (χ0) is 19.5. The van der Waals surface area contributed by atoms with Crippen LogP contribution in [0.2, 0.25) is 0 Å². The predicted molar refractivity (Wildman–Crippen MR) is 88.9 cm³/mol. The lowest BCUT2D eigenvalue weighted by Crippen LogP contribution is -2.70. The Balaban J connectivity index is 2.10. The van der Waals surface area contributed by atoms with E-state index in [0.29, 0.717) is 6.42 Å². The van der Waals surface area contributed by atoms with Crippen LogP contribution < -0.4 is 0 Å². The van der Waals surface area contributed by atoms with Crippen LogP contribution in [0, 0.1) is 10.8 Å². The number of ketones is 1. The van der Waals surface area contributed by atoms with Crippen molar-refractivity contribution in [3.05, 3.63) is 11.3 Å². The number of aliphatic hydroxyl groups is 2. The van der Waals surface area contributed by atoms with E-state index in [0.717, 1.165) is 0 Å². The Morgan fingerprint density at radius 1 is 1.19 bits per heavy atom. The first-order valence-corrected chi connectivity index (χ1v) is 8.95. The average molecular weight is 366 g/mol. The number of ether oxygens (including phenoxy) is 3. The van der Waals surface area contributed by atoms with Gasteiger partial charge in [0.2, 0.25) is 5.60 Å². The summed E-state index contributed by atoms with van der Waals surface area (Å²) < 4.78 is 17.3. The molecule has 4 aliphatic rings. The highest BCUT2D eigenvalue weighted by Crippen LogP contribution is 2.78. The number of hydrogen-bond acceptors (Lipinski definition) is 7. The van der Waals surface area contributed by atoms with Gasteiger partial charge in [-0.1, -0.05) is 13.8 Å². The third-order valence-electron chi connectivity index (χ3n) is 7.33. The summed E-state index contributed by atoms with van der Waals surface area (Å²) in [4.78, 5) is 25.7. The Morgan fingerprint density at radius 3 is 2.35 bits per heavy atom. The Hall–Kier alpha value is -1.44. The van der Waals surface area contributed by atoms with E-state index in [1.165, 1.54) is 14.0 Å². The lowest BCUT2D eigenvalue weighted by molar-refractivity contribution is -0.214. The molecule has 0 aromatic carbocycles. The van der Waals surface area contributed by atoms with E-state index in [-0.39, 0.29) is 23.5 Å². The van der Waals surface area contributed by atoms with Crippen LogP contribution in [0.4, 0.5) is 0 Å². The van der Waals surface area contributed by atoms with Gasteiger partial charge >= 0.3 is 5.97 Å². The first-order valence-electron chi connectivity index (χ1n) is 8.95. The highest BCUT2D eigenvalue weighted by Gasteiger charge is 2.92. The number of Topliss-reactive ketones (excluding diaryl/α,β-unsaturated/α-hetero) is 1. The van der Waals surface area contributed by atoms with E-state index in [9.17, 15) is 19.8 Å². The van der Waals surface area contributed by atoms with E-state index < -0.39 is 45.8 Å². The second-order valence-corrected chi connectivity index (χ2v) is 9.18. The molecule has 4 rings (SSSR count). The van der Waals surface area contributed by atoms with Gasteiger partial charge < -0.3 is 24.4 Å². The van der Waals surface area contributed by atoms with Crippen LogP contribution in [0.5, 0.6) is 0 Å². The number of aliphatic hydroxyl groups excluding tert-OH is 1. The molecule has 0 amide bonds. The van der Waals surface area contributed by atoms with Gasteiger partial charge in [-0.2, -0.15) is 0 Å². The summed E-state index contributed by atoms with van der Waals surface area (Å²) in [6.07, 6.45) is -0.850. The topological polar surface area (TPSA) is 102 Å². The Kier molecular flexibility index (Phi) is 3.11. The van der Waals surface area contributed by atoms with Gasteiger partial charge in [0.05, 0.1) is 30.3 Å². The van der Waals surface area contributed by atoms with Crippen molar-refractivity contribution in [2.24, 2.45) is 10.8 Å². The molecule has 1 spiro atoms. The molecule has 1 aliphatic carbocycles. The Labute approximate surface area is 152 Å². The molecule has 0 radical (unpaired) electrons. The van der Waals surface area contributed by atoms with Crippen LogP contribution >= 0.6 is 0 Å². The van der Waals surface area contributed by atoms with E-state index >= 15 is 0 Å². The van der Waals surface area contributed by atoms with Gasteiger partial charge in [-0.05, 0) is 33.6 Å². The van der Waals surface area contributed by atoms with Crippen LogP contribution in [0.1, 0.15) is 47.5 Å². The van der Waals surface area contributed by atoms with Crippen LogP contribution in [0.25, 0.3) is 0 Å². The lowest BCUT2D eigenvalue weighted by Gasteiger charge is -2.53. The van der Waals surface area contributed by atoms with Crippen molar-refractivity contribution in [2.75, 3.05) is 7.11 Å². The number of carbonyl (C=O) groups excluding carboxylic acids is 2. The van der Waals surface area contributed by atoms with Crippen molar-refractivity contribution >= 4 is 11.8 Å². The highest BCUT2D eigenvalue weighted by atomic mass is 16.6. The monoisotopic (exact) mass is 366 g/mol. The maximum atomic E-state index is 13.1. The molecular formula is C19H26O7. The van der Waals surface area contributed by atoms with Gasteiger partial charge in [0.15, 0.2) is 5.78 Å². The van der Waals surface area contributed by atoms with Crippen molar-refractivity contribution < 1.29 is 34.0 Å². The molecule has 3 heterocycles. The molecule has 144 valence electrons. The van der Waals surface area contributed by atoms with Crippen molar-refractivity contribution in [1.29, 1.82) is 0 Å². The van der Waals surface area contributed by atoms with Crippen molar-refractivity contribution in [3.8, 4) is 0 Å².